The molecule has 0 fully saturated rings. The highest BCUT2D eigenvalue weighted by Gasteiger charge is 2.40. The SMILES string of the molecule is CC1=C(c2nc(-c3ccccc3)nc(-c3cccc(-c4ccccc4)c3N3c4ccccc4C(C)(C)c4ccccc43)n2)C=CC[C@@]1(C)c1cccc(-c2cccc3c2N(C)c2ccccc2C3(C)C)c1. The van der Waals surface area contributed by atoms with Crippen LogP contribution in [0.15, 0.2) is 212 Å². The van der Waals surface area contributed by atoms with Crippen LogP contribution in [0.2, 0.25) is 0 Å². The normalized spacial score (nSPS) is 17.3. The van der Waals surface area contributed by atoms with Gasteiger partial charge in [-0.05, 0) is 76.6 Å². The van der Waals surface area contributed by atoms with E-state index in [1.807, 2.05) is 6.07 Å². The zero-order chi connectivity index (χ0) is 48.6. The molecule has 1 aromatic heterocycles. The van der Waals surface area contributed by atoms with Gasteiger partial charge in [0.15, 0.2) is 17.5 Å². The first-order chi connectivity index (χ1) is 34.4. The van der Waals surface area contributed by atoms with E-state index in [1.54, 1.807) is 0 Å². The highest BCUT2D eigenvalue weighted by molar-refractivity contribution is 5.99. The van der Waals surface area contributed by atoms with Crippen LogP contribution in [0.5, 0.6) is 0 Å². The lowest BCUT2D eigenvalue weighted by molar-refractivity contribution is 0.562. The largest absolute Gasteiger partial charge is 0.344 e. The van der Waals surface area contributed by atoms with Crippen LogP contribution < -0.4 is 9.80 Å². The molecule has 5 heteroatoms. The molecule has 0 bridgehead atoms. The molecule has 2 aliphatic heterocycles. The van der Waals surface area contributed by atoms with Gasteiger partial charge in [-0.15, -0.1) is 0 Å². The number of hydrogen-bond donors (Lipinski definition) is 0. The second-order valence-electron chi connectivity index (χ2n) is 20.7. The van der Waals surface area contributed by atoms with Crippen molar-refractivity contribution in [3.8, 4) is 45.0 Å². The third kappa shape index (κ3) is 7.00. The van der Waals surface area contributed by atoms with Crippen LogP contribution >= 0.6 is 0 Å². The lowest BCUT2D eigenvalue weighted by Crippen LogP contribution is -2.31. The van der Waals surface area contributed by atoms with Gasteiger partial charge in [-0.1, -0.05) is 222 Å². The first kappa shape index (κ1) is 44.1. The number of rotatable bonds is 7. The lowest BCUT2D eigenvalue weighted by Gasteiger charge is -2.43. The fourth-order valence-electron chi connectivity index (χ4n) is 11.9. The summed E-state index contributed by atoms with van der Waals surface area (Å²) in [6.07, 6.45) is 5.39. The Hall–Kier alpha value is -8.15. The quantitative estimate of drug-likeness (QED) is 0.159. The van der Waals surface area contributed by atoms with Crippen LogP contribution in [0.4, 0.5) is 28.4 Å². The zero-order valence-corrected chi connectivity index (χ0v) is 41.6. The summed E-state index contributed by atoms with van der Waals surface area (Å²) in [6, 6.07) is 70.2. The van der Waals surface area contributed by atoms with Crippen molar-refractivity contribution >= 4 is 34.0 Å². The van der Waals surface area contributed by atoms with E-state index in [0.717, 1.165) is 51.3 Å². The van der Waals surface area contributed by atoms with Crippen molar-refractivity contribution in [1.29, 1.82) is 0 Å². The number of aromatic nitrogens is 3. The third-order valence-electron chi connectivity index (χ3n) is 16.0. The van der Waals surface area contributed by atoms with Crippen molar-refractivity contribution in [1.82, 2.24) is 15.0 Å². The van der Waals surface area contributed by atoms with Crippen LogP contribution in [0.25, 0.3) is 50.6 Å². The maximum Gasteiger partial charge on any atom is 0.166 e. The Bertz CT molecular complexity index is 3570. The standard InChI is InChI=1S/C66H57N5/c1-43-48(33-23-41-66(43,6)47-29-20-28-46(42-47)50-31-22-37-55-60(50)70(7)56-38-17-14-34-52(56)65(55,4)5)62-67-61(45-26-12-9-13-27-45)68-63(69-62)51-32-21-30-49(44-24-10-8-11-25-44)59(51)71-57-39-18-15-35-53(57)64(2,3)54-36-16-19-40-58(54)71/h8-40,42H,41H2,1-7H3/t66-/m1/s1. The van der Waals surface area contributed by atoms with E-state index in [1.165, 1.54) is 55.9 Å². The number of anilines is 5. The van der Waals surface area contributed by atoms with Gasteiger partial charge in [0.25, 0.3) is 0 Å². The molecule has 0 radical (unpaired) electrons. The minimum Gasteiger partial charge on any atom is -0.344 e. The number of fused-ring (bicyclic) bond motifs is 4. The minimum absolute atomic E-state index is 0.147. The van der Waals surface area contributed by atoms with E-state index < -0.39 is 0 Å². The summed E-state index contributed by atoms with van der Waals surface area (Å²) in [5.74, 6) is 1.90. The van der Waals surface area contributed by atoms with Crippen molar-refractivity contribution in [2.45, 2.75) is 64.2 Å². The predicted octanol–water partition coefficient (Wildman–Crippen LogP) is 16.7. The molecule has 0 saturated heterocycles. The predicted molar refractivity (Wildman–Crippen MR) is 295 cm³/mol. The minimum atomic E-state index is -0.348. The van der Waals surface area contributed by atoms with E-state index in [0.29, 0.717) is 17.5 Å². The molecule has 346 valence electrons. The van der Waals surface area contributed by atoms with Crippen molar-refractivity contribution in [3.05, 3.63) is 245 Å². The molecular formula is C66H57N5. The average molecular weight is 920 g/mol. The molecule has 1 aliphatic carbocycles. The number of nitrogens with zero attached hydrogens (tertiary/aromatic N) is 5. The second-order valence-corrected chi connectivity index (χ2v) is 20.7. The number of para-hydroxylation sites is 5. The zero-order valence-electron chi connectivity index (χ0n) is 41.6. The molecule has 3 heterocycles. The van der Waals surface area contributed by atoms with E-state index in [9.17, 15) is 0 Å². The fourth-order valence-corrected chi connectivity index (χ4v) is 11.9. The van der Waals surface area contributed by atoms with E-state index in [4.69, 9.17) is 15.0 Å². The van der Waals surface area contributed by atoms with Crippen LogP contribution in [0.1, 0.15) is 81.6 Å². The van der Waals surface area contributed by atoms with Crippen LogP contribution in [0.3, 0.4) is 0 Å². The Morgan fingerprint density at radius 2 is 0.901 bits per heavy atom. The summed E-state index contributed by atoms with van der Waals surface area (Å²) in [7, 11) is 2.21. The van der Waals surface area contributed by atoms with Gasteiger partial charge >= 0.3 is 0 Å². The first-order valence-electron chi connectivity index (χ1n) is 24.9. The van der Waals surface area contributed by atoms with Crippen molar-refractivity contribution < 1.29 is 0 Å². The molecule has 0 amide bonds. The molecule has 9 aromatic rings. The second kappa shape index (κ2) is 16.8. The molecule has 12 rings (SSSR count). The molecule has 0 spiro atoms. The molecule has 0 unspecified atom stereocenters. The van der Waals surface area contributed by atoms with Gasteiger partial charge in [0.05, 0.1) is 22.7 Å². The topological polar surface area (TPSA) is 45.2 Å². The highest BCUT2D eigenvalue weighted by atomic mass is 15.2. The molecule has 0 saturated carbocycles. The summed E-state index contributed by atoms with van der Waals surface area (Å²) < 4.78 is 0. The smallest absolute Gasteiger partial charge is 0.166 e. The van der Waals surface area contributed by atoms with Gasteiger partial charge in [0, 0.05) is 56.8 Å². The molecule has 8 aromatic carbocycles. The first-order valence-corrected chi connectivity index (χ1v) is 24.9. The monoisotopic (exact) mass is 919 g/mol. The number of benzene rings is 8. The molecule has 5 nitrogen and oxygen atoms in total. The molecule has 71 heavy (non-hydrogen) atoms. The maximum absolute atomic E-state index is 5.58. The summed E-state index contributed by atoms with van der Waals surface area (Å²) >= 11 is 0. The Morgan fingerprint density at radius 1 is 0.423 bits per heavy atom. The van der Waals surface area contributed by atoms with Gasteiger partial charge in [0.1, 0.15) is 0 Å². The van der Waals surface area contributed by atoms with E-state index >= 15 is 0 Å². The summed E-state index contributed by atoms with van der Waals surface area (Å²) in [6.45, 7) is 14.0. The average Bonchev–Trinajstić information content (AvgIpc) is 3.41. The van der Waals surface area contributed by atoms with Crippen LogP contribution in [-0.4, -0.2) is 22.0 Å². The molecule has 3 aliphatic rings. The maximum atomic E-state index is 5.58. The number of hydrogen-bond acceptors (Lipinski definition) is 5. The summed E-state index contributed by atoms with van der Waals surface area (Å²) in [4.78, 5) is 21.2. The van der Waals surface area contributed by atoms with Crippen LogP contribution in [0, 0.1) is 0 Å². The van der Waals surface area contributed by atoms with Crippen molar-refractivity contribution in [2.24, 2.45) is 0 Å². The third-order valence-corrected chi connectivity index (χ3v) is 16.0. The molecular weight excluding hydrogens is 863 g/mol. The Balaban J connectivity index is 1.04. The molecule has 0 N–H and O–H groups in total. The number of allylic oxidation sites excluding steroid dienone is 4. The highest BCUT2D eigenvalue weighted by Crippen LogP contribution is 2.56. The Kier molecular flexibility index (Phi) is 10.4. The van der Waals surface area contributed by atoms with Gasteiger partial charge in [-0.25, -0.2) is 15.0 Å². The van der Waals surface area contributed by atoms with Crippen molar-refractivity contribution in [2.75, 3.05) is 16.8 Å². The van der Waals surface area contributed by atoms with Gasteiger partial charge < -0.3 is 9.80 Å². The van der Waals surface area contributed by atoms with Crippen LogP contribution in [-0.2, 0) is 16.2 Å². The van der Waals surface area contributed by atoms with Gasteiger partial charge in [0.2, 0.25) is 0 Å². The van der Waals surface area contributed by atoms with Gasteiger partial charge in [-0.2, -0.15) is 0 Å². The summed E-state index contributed by atoms with van der Waals surface area (Å²) in [5, 5.41) is 0. The molecule has 1 atom stereocenters. The lowest BCUT2D eigenvalue weighted by atomic mass is 9.69. The Morgan fingerprint density at radius 3 is 1.58 bits per heavy atom. The van der Waals surface area contributed by atoms with Gasteiger partial charge in [-0.3, -0.25) is 0 Å². The van der Waals surface area contributed by atoms with E-state index in [-0.39, 0.29) is 16.2 Å². The fraction of sp³-hybridized carbons (Fsp3) is 0.167. The summed E-state index contributed by atoms with van der Waals surface area (Å²) in [5.41, 5.74) is 20.3. The Labute approximate surface area is 418 Å². The van der Waals surface area contributed by atoms with E-state index in [2.05, 4.69) is 259 Å². The van der Waals surface area contributed by atoms with Crippen molar-refractivity contribution in [3.63, 3.8) is 0 Å².